The van der Waals surface area contributed by atoms with Crippen molar-refractivity contribution < 1.29 is 28.5 Å². The average molecular weight is 268 g/mol. The van der Waals surface area contributed by atoms with Gasteiger partial charge in [-0.3, -0.25) is 9.59 Å². The largest absolute Gasteiger partial charge is 0.463 e. The summed E-state index contributed by atoms with van der Waals surface area (Å²) < 4.78 is 20.6. The van der Waals surface area contributed by atoms with E-state index in [-0.39, 0.29) is 13.2 Å². The molecule has 0 aromatic rings. The lowest BCUT2D eigenvalue weighted by molar-refractivity contribution is -0.193. The SMILES string of the molecule is C#CCO[C@@H]1C=C[C@@H](OC(C)=O)[C@@H](COC(C)=O)O1. The summed E-state index contributed by atoms with van der Waals surface area (Å²) in [5.41, 5.74) is 0. The fourth-order valence-corrected chi connectivity index (χ4v) is 1.48. The summed E-state index contributed by atoms with van der Waals surface area (Å²) >= 11 is 0. The lowest BCUT2D eigenvalue weighted by Gasteiger charge is -2.30. The van der Waals surface area contributed by atoms with E-state index in [1.54, 1.807) is 12.2 Å². The van der Waals surface area contributed by atoms with Gasteiger partial charge in [0.25, 0.3) is 0 Å². The predicted octanol–water partition coefficient (Wildman–Crippen LogP) is 0.412. The van der Waals surface area contributed by atoms with Crippen LogP contribution in [0.2, 0.25) is 0 Å². The highest BCUT2D eigenvalue weighted by Crippen LogP contribution is 2.17. The molecule has 104 valence electrons. The van der Waals surface area contributed by atoms with E-state index in [0.29, 0.717) is 0 Å². The fraction of sp³-hybridized carbons (Fsp3) is 0.538. The lowest BCUT2D eigenvalue weighted by Crippen LogP contribution is -2.42. The van der Waals surface area contributed by atoms with E-state index in [9.17, 15) is 9.59 Å². The first-order valence-electron chi connectivity index (χ1n) is 5.72. The first-order valence-corrected chi connectivity index (χ1v) is 5.72. The van der Waals surface area contributed by atoms with E-state index in [4.69, 9.17) is 25.4 Å². The first-order chi connectivity index (χ1) is 9.02. The summed E-state index contributed by atoms with van der Waals surface area (Å²) in [5, 5.41) is 0. The number of rotatable bonds is 5. The van der Waals surface area contributed by atoms with Crippen molar-refractivity contribution in [1.29, 1.82) is 0 Å². The highest BCUT2D eigenvalue weighted by molar-refractivity contribution is 5.66. The maximum absolute atomic E-state index is 11.0. The second-order valence-corrected chi connectivity index (χ2v) is 3.82. The van der Waals surface area contributed by atoms with Gasteiger partial charge in [-0.2, -0.15) is 0 Å². The Kier molecular flexibility index (Phi) is 6.06. The van der Waals surface area contributed by atoms with Crippen molar-refractivity contribution in [3.8, 4) is 12.3 Å². The molecule has 1 aliphatic heterocycles. The van der Waals surface area contributed by atoms with Gasteiger partial charge in [-0.05, 0) is 12.2 Å². The van der Waals surface area contributed by atoms with Crippen LogP contribution in [-0.4, -0.2) is 43.7 Å². The third-order valence-corrected chi connectivity index (χ3v) is 2.22. The van der Waals surface area contributed by atoms with Crippen LogP contribution in [0.25, 0.3) is 0 Å². The molecular formula is C13H16O6. The van der Waals surface area contributed by atoms with E-state index in [2.05, 4.69) is 5.92 Å². The van der Waals surface area contributed by atoms with E-state index in [1.165, 1.54) is 13.8 Å². The van der Waals surface area contributed by atoms with E-state index < -0.39 is 30.4 Å². The van der Waals surface area contributed by atoms with Crippen LogP contribution >= 0.6 is 0 Å². The topological polar surface area (TPSA) is 71.1 Å². The number of ether oxygens (including phenoxy) is 4. The molecule has 0 fully saturated rings. The van der Waals surface area contributed by atoms with Crippen LogP contribution in [0.15, 0.2) is 12.2 Å². The normalized spacial score (nSPS) is 25.4. The molecule has 0 aliphatic carbocycles. The zero-order valence-electron chi connectivity index (χ0n) is 10.8. The molecule has 1 aliphatic rings. The zero-order valence-corrected chi connectivity index (χ0v) is 10.8. The summed E-state index contributed by atoms with van der Waals surface area (Å²) in [6.07, 6.45) is 6.40. The number of hydrogen-bond donors (Lipinski definition) is 0. The van der Waals surface area contributed by atoms with E-state index >= 15 is 0 Å². The molecule has 0 aromatic carbocycles. The van der Waals surface area contributed by atoms with Gasteiger partial charge < -0.3 is 18.9 Å². The quantitative estimate of drug-likeness (QED) is 0.408. The second-order valence-electron chi connectivity index (χ2n) is 3.82. The van der Waals surface area contributed by atoms with Crippen molar-refractivity contribution in [3.05, 3.63) is 12.2 Å². The Morgan fingerprint density at radius 3 is 2.63 bits per heavy atom. The first kappa shape index (κ1) is 15.2. The van der Waals surface area contributed by atoms with Gasteiger partial charge in [-0.15, -0.1) is 6.42 Å². The van der Waals surface area contributed by atoms with Gasteiger partial charge in [0.15, 0.2) is 6.29 Å². The number of esters is 2. The number of carbonyl (C=O) groups is 2. The van der Waals surface area contributed by atoms with Crippen molar-refractivity contribution >= 4 is 11.9 Å². The Morgan fingerprint density at radius 1 is 1.32 bits per heavy atom. The van der Waals surface area contributed by atoms with Crippen LogP contribution in [0, 0.1) is 12.3 Å². The van der Waals surface area contributed by atoms with Crippen molar-refractivity contribution in [2.24, 2.45) is 0 Å². The standard InChI is InChI=1S/C13H16O6/c1-4-7-16-13-6-5-11(18-10(3)15)12(19-13)8-17-9(2)14/h1,5-6,11-13H,7-8H2,2-3H3/t11-,12-,13+/m1/s1. The Labute approximate surface area is 111 Å². The minimum Gasteiger partial charge on any atom is -0.463 e. The van der Waals surface area contributed by atoms with Crippen molar-refractivity contribution in [2.75, 3.05) is 13.2 Å². The molecule has 1 rings (SSSR count). The molecule has 3 atom stereocenters. The van der Waals surface area contributed by atoms with Crippen molar-refractivity contribution in [1.82, 2.24) is 0 Å². The molecule has 0 saturated heterocycles. The Morgan fingerprint density at radius 2 is 2.05 bits per heavy atom. The van der Waals surface area contributed by atoms with Crippen molar-refractivity contribution in [2.45, 2.75) is 32.3 Å². The van der Waals surface area contributed by atoms with E-state index in [0.717, 1.165) is 0 Å². The minimum atomic E-state index is -0.650. The smallest absolute Gasteiger partial charge is 0.303 e. The predicted molar refractivity (Wildman–Crippen MR) is 64.8 cm³/mol. The number of carbonyl (C=O) groups excluding carboxylic acids is 2. The summed E-state index contributed by atoms with van der Waals surface area (Å²) in [4.78, 5) is 21.8. The van der Waals surface area contributed by atoms with Gasteiger partial charge in [-0.25, -0.2) is 0 Å². The molecule has 19 heavy (non-hydrogen) atoms. The van der Waals surface area contributed by atoms with Gasteiger partial charge in [0.1, 0.15) is 25.4 Å². The maximum Gasteiger partial charge on any atom is 0.303 e. The van der Waals surface area contributed by atoms with Crippen molar-refractivity contribution in [3.63, 3.8) is 0 Å². The molecule has 0 bridgehead atoms. The fourth-order valence-electron chi connectivity index (χ4n) is 1.48. The molecule has 6 nitrogen and oxygen atoms in total. The number of hydrogen-bond acceptors (Lipinski definition) is 6. The third-order valence-electron chi connectivity index (χ3n) is 2.22. The molecule has 0 spiro atoms. The number of terminal acetylenes is 1. The van der Waals surface area contributed by atoms with Gasteiger partial charge in [-0.1, -0.05) is 5.92 Å². The summed E-state index contributed by atoms with van der Waals surface area (Å²) in [7, 11) is 0. The highest BCUT2D eigenvalue weighted by atomic mass is 16.7. The van der Waals surface area contributed by atoms with Gasteiger partial charge in [0.05, 0.1) is 0 Å². The van der Waals surface area contributed by atoms with Crippen LogP contribution in [0.3, 0.4) is 0 Å². The van der Waals surface area contributed by atoms with Crippen LogP contribution in [-0.2, 0) is 28.5 Å². The van der Waals surface area contributed by atoms with Gasteiger partial charge in [0.2, 0.25) is 0 Å². The zero-order chi connectivity index (χ0) is 14.3. The van der Waals surface area contributed by atoms with Crippen LogP contribution in [0.1, 0.15) is 13.8 Å². The molecular weight excluding hydrogens is 252 g/mol. The summed E-state index contributed by atoms with van der Waals surface area (Å²) in [5.74, 6) is 1.42. The van der Waals surface area contributed by atoms with Crippen LogP contribution < -0.4 is 0 Å². The molecule has 6 heteroatoms. The molecule has 0 radical (unpaired) electrons. The monoisotopic (exact) mass is 268 g/mol. The maximum atomic E-state index is 11.0. The average Bonchev–Trinajstić information content (AvgIpc) is 2.35. The Bertz CT molecular complexity index is 394. The van der Waals surface area contributed by atoms with Crippen LogP contribution in [0.5, 0.6) is 0 Å². The van der Waals surface area contributed by atoms with Gasteiger partial charge >= 0.3 is 11.9 Å². The molecule has 0 aromatic heterocycles. The summed E-state index contributed by atoms with van der Waals surface area (Å²) in [6.45, 7) is 2.63. The Balaban J connectivity index is 2.63. The second kappa shape index (κ2) is 7.56. The van der Waals surface area contributed by atoms with Crippen LogP contribution in [0.4, 0.5) is 0 Å². The molecule has 0 unspecified atom stereocenters. The molecule has 0 N–H and O–H groups in total. The van der Waals surface area contributed by atoms with Gasteiger partial charge in [0, 0.05) is 13.8 Å². The summed E-state index contributed by atoms with van der Waals surface area (Å²) in [6, 6.07) is 0. The minimum absolute atomic E-state index is 0.0342. The van der Waals surface area contributed by atoms with E-state index in [1.807, 2.05) is 0 Å². The Hall–Kier alpha value is -1.84. The highest BCUT2D eigenvalue weighted by Gasteiger charge is 2.30. The molecule has 0 saturated carbocycles. The molecule has 0 amide bonds. The molecule has 1 heterocycles. The lowest BCUT2D eigenvalue weighted by atomic mass is 10.1. The third kappa shape index (κ3) is 5.55.